The number of ether oxygens (including phenoxy) is 1. The van der Waals surface area contributed by atoms with Gasteiger partial charge in [0.25, 0.3) is 0 Å². The topological polar surface area (TPSA) is 142 Å². The molecule has 0 aromatic rings. The molecule has 1 fully saturated rings. The maximum absolute atomic E-state index is 12.0. The Kier molecular flexibility index (Phi) is 5.77. The molecule has 2 atom stereocenters. The van der Waals surface area contributed by atoms with Gasteiger partial charge in [0.1, 0.15) is 12.1 Å². The van der Waals surface area contributed by atoms with E-state index in [1.807, 2.05) is 0 Å². The molecule has 2 bridgehead atoms. The van der Waals surface area contributed by atoms with Crippen molar-refractivity contribution in [3.8, 4) is 0 Å². The average molecular weight is 329 g/mol. The molecule has 0 saturated carbocycles. The summed E-state index contributed by atoms with van der Waals surface area (Å²) in [4.78, 5) is 24.3. The molecule has 12 heteroatoms. The van der Waals surface area contributed by atoms with Gasteiger partial charge in [-0.25, -0.2) is 13.2 Å². The number of hydrogen-bond donors (Lipinski definition) is 1. The number of hydroxylamine groups is 2. The molecule has 3 amide bonds. The van der Waals surface area contributed by atoms with E-state index in [0.717, 1.165) is 4.90 Å². The van der Waals surface area contributed by atoms with Gasteiger partial charge in [-0.3, -0.25) is 4.79 Å². The molecule has 0 aliphatic carbocycles. The van der Waals surface area contributed by atoms with E-state index in [1.165, 1.54) is 13.2 Å². The van der Waals surface area contributed by atoms with Crippen molar-refractivity contribution >= 4 is 22.3 Å². The number of fused-ring (bicyclic) bond motifs is 2. The van der Waals surface area contributed by atoms with Gasteiger partial charge in [0, 0.05) is 7.11 Å². The molecule has 2 aliphatic rings. The largest absolute Gasteiger partial charge is 1.00 e. The normalized spacial score (nSPS) is 24.7. The van der Waals surface area contributed by atoms with Crippen molar-refractivity contribution in [1.82, 2.24) is 9.96 Å². The van der Waals surface area contributed by atoms with E-state index < -0.39 is 34.4 Å². The van der Waals surface area contributed by atoms with E-state index in [2.05, 4.69) is 4.28 Å². The van der Waals surface area contributed by atoms with Gasteiger partial charge < -0.3 is 19.9 Å². The first kappa shape index (κ1) is 18.4. The fourth-order valence-electron chi connectivity index (χ4n) is 2.23. The summed E-state index contributed by atoms with van der Waals surface area (Å²) in [6.45, 7) is 0.0193. The Labute approximate surface area is 143 Å². The molecular formula is C9H12N3NaO7S. The van der Waals surface area contributed by atoms with Crippen LogP contribution < -0.4 is 35.3 Å². The van der Waals surface area contributed by atoms with Crippen molar-refractivity contribution < 1.29 is 61.1 Å². The van der Waals surface area contributed by atoms with Gasteiger partial charge in [-0.15, -0.1) is 0 Å². The van der Waals surface area contributed by atoms with Crippen molar-refractivity contribution in [3.05, 3.63) is 11.6 Å². The minimum atomic E-state index is -5.11. The first-order valence-corrected chi connectivity index (χ1v) is 6.82. The first-order chi connectivity index (χ1) is 9.24. The van der Waals surface area contributed by atoms with Crippen LogP contribution in [0, 0.1) is 0 Å². The predicted octanol–water partition coefficient (Wildman–Crippen LogP) is -5.07. The first-order valence-electron chi connectivity index (χ1n) is 5.48. The Balaban J connectivity index is 0.00000220. The van der Waals surface area contributed by atoms with Crippen LogP contribution in [-0.4, -0.2) is 67.2 Å². The number of urea groups is 1. The van der Waals surface area contributed by atoms with Crippen LogP contribution in [0.3, 0.4) is 0 Å². The van der Waals surface area contributed by atoms with Crippen molar-refractivity contribution in [3.63, 3.8) is 0 Å². The number of carbonyl (C=O) groups excluding carboxylic acids is 2. The number of nitrogens with two attached hydrogens (primary N) is 1. The molecule has 0 aromatic carbocycles. The minimum absolute atomic E-state index is 0. The van der Waals surface area contributed by atoms with Crippen molar-refractivity contribution in [1.29, 1.82) is 0 Å². The van der Waals surface area contributed by atoms with E-state index in [9.17, 15) is 22.6 Å². The Morgan fingerprint density at radius 1 is 1.57 bits per heavy atom. The molecule has 0 radical (unpaired) electrons. The number of amides is 3. The Bertz CT molecular complexity index is 578. The summed E-state index contributed by atoms with van der Waals surface area (Å²) in [5.41, 5.74) is 5.62. The van der Waals surface area contributed by atoms with E-state index in [0.29, 0.717) is 10.6 Å². The second-order valence-electron chi connectivity index (χ2n) is 4.28. The summed E-state index contributed by atoms with van der Waals surface area (Å²) < 4.78 is 41.1. The molecule has 1 saturated heterocycles. The van der Waals surface area contributed by atoms with Crippen LogP contribution in [0.4, 0.5) is 4.79 Å². The summed E-state index contributed by atoms with van der Waals surface area (Å²) >= 11 is 0. The fourth-order valence-corrected chi connectivity index (χ4v) is 2.60. The SMILES string of the molecule is COCC1=C[C@@H](C(N)=O)N2C[C@H]1N(OS(=O)(=O)[O-])C2=O.[Na+]. The maximum atomic E-state index is 12.0. The molecule has 2 aliphatic heterocycles. The number of primary amides is 1. The van der Waals surface area contributed by atoms with Crippen LogP contribution in [0.1, 0.15) is 0 Å². The smallest absolute Gasteiger partial charge is 0.724 e. The third-order valence-corrected chi connectivity index (χ3v) is 3.34. The Hall–Kier alpha value is -0.690. The second kappa shape index (κ2) is 6.60. The second-order valence-corrected chi connectivity index (χ2v) is 5.25. The standard InChI is InChI=1S/C9H13N3O7S.Na/c1-18-4-5-2-6(8(10)13)11-3-7(5)12(9(11)14)19-20(15,16)17;/h2,6-7H,3-4H2,1H3,(H2,10,13)(H,15,16,17);/q;+1/p-1/t6-,7+;/m0./s1. The summed E-state index contributed by atoms with van der Waals surface area (Å²) in [6.07, 6.45) is 1.40. The van der Waals surface area contributed by atoms with E-state index >= 15 is 0 Å². The van der Waals surface area contributed by atoms with Crippen LogP contribution in [0.15, 0.2) is 11.6 Å². The predicted molar refractivity (Wildman–Crippen MR) is 61.5 cm³/mol. The molecule has 2 N–H and O–H groups in total. The van der Waals surface area contributed by atoms with Gasteiger partial charge in [0.2, 0.25) is 16.3 Å². The molecule has 2 heterocycles. The maximum Gasteiger partial charge on any atom is 1.00 e. The summed E-state index contributed by atoms with van der Waals surface area (Å²) in [7, 11) is -3.72. The summed E-state index contributed by atoms with van der Waals surface area (Å²) in [5, 5.41) is 0.427. The molecule has 21 heavy (non-hydrogen) atoms. The minimum Gasteiger partial charge on any atom is -0.724 e. The molecule has 2 rings (SSSR count). The third kappa shape index (κ3) is 3.74. The average Bonchev–Trinajstić information content (AvgIpc) is 2.57. The van der Waals surface area contributed by atoms with Crippen molar-refractivity contribution in [2.24, 2.45) is 5.73 Å². The van der Waals surface area contributed by atoms with Gasteiger partial charge in [0.05, 0.1) is 13.2 Å². The van der Waals surface area contributed by atoms with Crippen LogP contribution >= 0.6 is 0 Å². The van der Waals surface area contributed by atoms with Gasteiger partial charge in [-0.05, 0) is 11.6 Å². The molecule has 0 aromatic heterocycles. The third-order valence-electron chi connectivity index (χ3n) is 3.00. The monoisotopic (exact) mass is 329 g/mol. The van der Waals surface area contributed by atoms with Crippen LogP contribution in [0.5, 0.6) is 0 Å². The van der Waals surface area contributed by atoms with E-state index in [1.54, 1.807) is 0 Å². The zero-order chi connectivity index (χ0) is 15.1. The summed E-state index contributed by atoms with van der Waals surface area (Å²) in [6, 6.07) is -2.77. The molecule has 0 unspecified atom stereocenters. The number of rotatable bonds is 5. The Morgan fingerprint density at radius 2 is 2.19 bits per heavy atom. The summed E-state index contributed by atoms with van der Waals surface area (Å²) in [5.74, 6) is -0.780. The van der Waals surface area contributed by atoms with Gasteiger partial charge >= 0.3 is 35.6 Å². The molecular weight excluding hydrogens is 317 g/mol. The number of carbonyl (C=O) groups is 2. The van der Waals surface area contributed by atoms with Gasteiger partial charge in [0.15, 0.2) is 0 Å². The Morgan fingerprint density at radius 3 is 2.67 bits per heavy atom. The molecule has 0 spiro atoms. The van der Waals surface area contributed by atoms with Crippen molar-refractivity contribution in [2.75, 3.05) is 20.3 Å². The van der Waals surface area contributed by atoms with Gasteiger partial charge in [-0.1, -0.05) is 0 Å². The number of hydrogen-bond acceptors (Lipinski definition) is 7. The zero-order valence-electron chi connectivity index (χ0n) is 11.4. The van der Waals surface area contributed by atoms with E-state index in [-0.39, 0.29) is 42.7 Å². The van der Waals surface area contributed by atoms with E-state index in [4.69, 9.17) is 10.5 Å². The van der Waals surface area contributed by atoms with Crippen molar-refractivity contribution in [2.45, 2.75) is 12.1 Å². The fraction of sp³-hybridized carbons (Fsp3) is 0.556. The number of nitrogens with zero attached hydrogens (tertiary/aromatic N) is 2. The zero-order valence-corrected chi connectivity index (χ0v) is 14.2. The number of methoxy groups -OCH3 is 1. The van der Waals surface area contributed by atoms with Gasteiger partial charge in [-0.2, -0.15) is 9.35 Å². The van der Waals surface area contributed by atoms with Crippen LogP contribution in [-0.2, 0) is 24.2 Å². The molecule has 112 valence electrons. The van der Waals surface area contributed by atoms with Crippen LogP contribution in [0.2, 0.25) is 0 Å². The van der Waals surface area contributed by atoms with Crippen LogP contribution in [0.25, 0.3) is 0 Å². The quantitative estimate of drug-likeness (QED) is 0.230. The molecule has 10 nitrogen and oxygen atoms in total.